The Kier molecular flexibility index (Phi) is 5.22. The molecule has 0 saturated heterocycles. The molecule has 0 aliphatic carbocycles. The molecule has 2 nitrogen and oxygen atoms in total. The third-order valence-electron chi connectivity index (χ3n) is 3.73. The molecule has 0 spiro atoms. The number of hydrogen-bond acceptors (Lipinski definition) is 2. The summed E-state index contributed by atoms with van der Waals surface area (Å²) in [5.74, 6) is 1.71. The molecule has 2 heteroatoms. The fourth-order valence-electron chi connectivity index (χ4n) is 2.35. The molecule has 0 aliphatic rings. The summed E-state index contributed by atoms with van der Waals surface area (Å²) in [6.45, 7) is 5.52. The molecule has 0 amide bonds. The molecule has 2 rings (SSSR count). The lowest BCUT2D eigenvalue weighted by atomic mass is 10.0. The number of nitrogens with one attached hydrogen (secondary N) is 1. The molecule has 0 bridgehead atoms. The Morgan fingerprint density at radius 1 is 1.00 bits per heavy atom. The van der Waals surface area contributed by atoms with Gasteiger partial charge in [0.1, 0.15) is 5.76 Å². The van der Waals surface area contributed by atoms with Crippen LogP contribution in [-0.4, -0.2) is 6.54 Å². The first kappa shape index (κ1) is 13.9. The molecule has 19 heavy (non-hydrogen) atoms. The lowest BCUT2D eigenvalue weighted by Crippen LogP contribution is -2.27. The number of hydrogen-bond donors (Lipinski definition) is 1. The zero-order valence-corrected chi connectivity index (χ0v) is 11.8. The Balaban J connectivity index is 2.12. The van der Waals surface area contributed by atoms with Crippen LogP contribution in [0, 0.1) is 5.92 Å². The average Bonchev–Trinajstić information content (AvgIpc) is 2.99. The van der Waals surface area contributed by atoms with Crippen LogP contribution < -0.4 is 5.32 Å². The van der Waals surface area contributed by atoms with E-state index in [0.29, 0.717) is 0 Å². The second-order valence-corrected chi connectivity index (χ2v) is 4.95. The van der Waals surface area contributed by atoms with Gasteiger partial charge in [-0.15, -0.1) is 0 Å². The van der Waals surface area contributed by atoms with Gasteiger partial charge in [-0.3, -0.25) is 0 Å². The van der Waals surface area contributed by atoms with Crippen LogP contribution >= 0.6 is 0 Å². The second-order valence-electron chi connectivity index (χ2n) is 4.95. The molecular formula is C17H23NO. The fourth-order valence-corrected chi connectivity index (χ4v) is 2.35. The van der Waals surface area contributed by atoms with E-state index >= 15 is 0 Å². The molecule has 2 aromatic rings. The molecule has 1 aromatic heterocycles. The maximum absolute atomic E-state index is 5.59. The minimum atomic E-state index is 0.150. The highest BCUT2D eigenvalue weighted by molar-refractivity contribution is 5.26. The lowest BCUT2D eigenvalue weighted by Gasteiger charge is -2.20. The molecule has 102 valence electrons. The topological polar surface area (TPSA) is 25.2 Å². The van der Waals surface area contributed by atoms with E-state index in [9.17, 15) is 0 Å². The van der Waals surface area contributed by atoms with Gasteiger partial charge in [-0.1, -0.05) is 57.0 Å². The zero-order valence-electron chi connectivity index (χ0n) is 11.8. The molecule has 1 N–H and O–H groups in total. The zero-order chi connectivity index (χ0) is 13.5. The van der Waals surface area contributed by atoms with E-state index in [1.54, 1.807) is 6.26 Å². The standard InChI is InChI=1S/C17H23NO/c1-3-14(4-2)13-18-17(16-11-8-12-19-16)15-9-6-5-7-10-15/h5-12,14,17-18H,3-4,13H2,1-2H3. The van der Waals surface area contributed by atoms with Crippen LogP contribution in [0.5, 0.6) is 0 Å². The minimum absolute atomic E-state index is 0.150. The molecule has 1 aromatic carbocycles. The van der Waals surface area contributed by atoms with Gasteiger partial charge in [0, 0.05) is 0 Å². The predicted octanol–water partition coefficient (Wildman–Crippen LogP) is 4.39. The predicted molar refractivity (Wildman–Crippen MR) is 79.1 cm³/mol. The molecule has 0 radical (unpaired) electrons. The van der Waals surface area contributed by atoms with Gasteiger partial charge in [0.15, 0.2) is 0 Å². The highest BCUT2D eigenvalue weighted by Crippen LogP contribution is 2.23. The molecule has 1 heterocycles. The van der Waals surface area contributed by atoms with Crippen molar-refractivity contribution in [2.45, 2.75) is 32.7 Å². The van der Waals surface area contributed by atoms with Crippen LogP contribution in [0.25, 0.3) is 0 Å². The van der Waals surface area contributed by atoms with Crippen molar-refractivity contribution >= 4 is 0 Å². The van der Waals surface area contributed by atoms with Gasteiger partial charge in [0.2, 0.25) is 0 Å². The maximum Gasteiger partial charge on any atom is 0.125 e. The first-order valence-electron chi connectivity index (χ1n) is 7.16. The SMILES string of the molecule is CCC(CC)CNC(c1ccccc1)c1ccco1. The van der Waals surface area contributed by atoms with Crippen LogP contribution in [0.1, 0.15) is 44.1 Å². The first-order valence-corrected chi connectivity index (χ1v) is 7.16. The number of benzene rings is 1. The number of rotatable bonds is 7. The quantitative estimate of drug-likeness (QED) is 0.795. The van der Waals surface area contributed by atoms with Crippen molar-refractivity contribution in [3.05, 3.63) is 60.1 Å². The summed E-state index contributed by atoms with van der Waals surface area (Å²) in [6.07, 6.45) is 4.16. The van der Waals surface area contributed by atoms with Crippen molar-refractivity contribution in [1.29, 1.82) is 0 Å². The van der Waals surface area contributed by atoms with E-state index in [1.807, 2.05) is 18.2 Å². The Labute approximate surface area is 115 Å². The smallest absolute Gasteiger partial charge is 0.125 e. The van der Waals surface area contributed by atoms with Crippen molar-refractivity contribution < 1.29 is 4.42 Å². The monoisotopic (exact) mass is 257 g/mol. The van der Waals surface area contributed by atoms with Crippen molar-refractivity contribution in [2.75, 3.05) is 6.54 Å². The largest absolute Gasteiger partial charge is 0.467 e. The minimum Gasteiger partial charge on any atom is -0.467 e. The summed E-state index contributed by atoms with van der Waals surface area (Å²) in [5.41, 5.74) is 1.25. The molecule has 0 saturated carbocycles. The summed E-state index contributed by atoms with van der Waals surface area (Å²) in [7, 11) is 0. The summed E-state index contributed by atoms with van der Waals surface area (Å²) in [4.78, 5) is 0. The van der Waals surface area contributed by atoms with Crippen LogP contribution in [-0.2, 0) is 0 Å². The van der Waals surface area contributed by atoms with Gasteiger partial charge < -0.3 is 9.73 Å². The van der Waals surface area contributed by atoms with Gasteiger partial charge in [-0.05, 0) is 30.2 Å². The molecule has 1 unspecified atom stereocenters. The Morgan fingerprint density at radius 3 is 2.32 bits per heavy atom. The highest BCUT2D eigenvalue weighted by Gasteiger charge is 2.17. The van der Waals surface area contributed by atoms with Crippen molar-refractivity contribution in [3.8, 4) is 0 Å². The van der Waals surface area contributed by atoms with Crippen molar-refractivity contribution in [3.63, 3.8) is 0 Å². The van der Waals surface area contributed by atoms with Crippen molar-refractivity contribution in [2.24, 2.45) is 5.92 Å². The average molecular weight is 257 g/mol. The van der Waals surface area contributed by atoms with Gasteiger partial charge in [0.25, 0.3) is 0 Å². The van der Waals surface area contributed by atoms with Gasteiger partial charge >= 0.3 is 0 Å². The Morgan fingerprint density at radius 2 is 1.74 bits per heavy atom. The van der Waals surface area contributed by atoms with E-state index in [0.717, 1.165) is 18.2 Å². The third-order valence-corrected chi connectivity index (χ3v) is 3.73. The van der Waals surface area contributed by atoms with Crippen LogP contribution in [0.15, 0.2) is 53.1 Å². The van der Waals surface area contributed by atoms with E-state index in [2.05, 4.69) is 43.4 Å². The van der Waals surface area contributed by atoms with Gasteiger partial charge in [-0.2, -0.15) is 0 Å². The second kappa shape index (κ2) is 7.15. The molecular weight excluding hydrogens is 234 g/mol. The summed E-state index contributed by atoms with van der Waals surface area (Å²) in [6, 6.07) is 14.6. The Hall–Kier alpha value is -1.54. The molecule has 1 atom stereocenters. The molecule has 0 fully saturated rings. The summed E-state index contributed by atoms with van der Waals surface area (Å²) >= 11 is 0. The number of furan rings is 1. The molecule has 0 aliphatic heterocycles. The van der Waals surface area contributed by atoms with Crippen molar-refractivity contribution in [1.82, 2.24) is 5.32 Å². The van der Waals surface area contributed by atoms with E-state index in [-0.39, 0.29) is 6.04 Å². The lowest BCUT2D eigenvalue weighted by molar-refractivity contribution is 0.394. The van der Waals surface area contributed by atoms with Gasteiger partial charge in [-0.25, -0.2) is 0 Å². The fraction of sp³-hybridized carbons (Fsp3) is 0.412. The van der Waals surface area contributed by atoms with E-state index in [4.69, 9.17) is 4.42 Å². The summed E-state index contributed by atoms with van der Waals surface area (Å²) in [5, 5.41) is 3.65. The van der Waals surface area contributed by atoms with Crippen LogP contribution in [0.2, 0.25) is 0 Å². The maximum atomic E-state index is 5.59. The Bertz CT molecular complexity index is 445. The van der Waals surface area contributed by atoms with E-state index < -0.39 is 0 Å². The third kappa shape index (κ3) is 3.71. The van der Waals surface area contributed by atoms with Crippen LogP contribution in [0.4, 0.5) is 0 Å². The normalized spacial score (nSPS) is 12.8. The van der Waals surface area contributed by atoms with E-state index in [1.165, 1.54) is 18.4 Å². The highest BCUT2D eigenvalue weighted by atomic mass is 16.3. The van der Waals surface area contributed by atoms with Gasteiger partial charge in [0.05, 0.1) is 12.3 Å². The summed E-state index contributed by atoms with van der Waals surface area (Å²) < 4.78 is 5.59. The first-order chi connectivity index (χ1) is 9.35. The van der Waals surface area contributed by atoms with Crippen LogP contribution in [0.3, 0.4) is 0 Å².